The van der Waals surface area contributed by atoms with E-state index in [1.807, 2.05) is 18.2 Å². The second-order valence-corrected chi connectivity index (χ2v) is 3.31. The summed E-state index contributed by atoms with van der Waals surface area (Å²) in [6, 6.07) is 16.4. The van der Waals surface area contributed by atoms with E-state index in [0.29, 0.717) is 0 Å². The molecule has 14 heavy (non-hydrogen) atoms. The van der Waals surface area contributed by atoms with Gasteiger partial charge in [-0.25, -0.2) is 4.42 Å². The summed E-state index contributed by atoms with van der Waals surface area (Å²) in [7, 11) is 0. The highest BCUT2D eigenvalue weighted by atomic mass is 16.3. The van der Waals surface area contributed by atoms with Crippen LogP contribution in [0.5, 0.6) is 0 Å². The quantitative estimate of drug-likeness (QED) is 0.378. The second-order valence-electron chi connectivity index (χ2n) is 3.31. The maximum atomic E-state index is 5.42. The van der Waals surface area contributed by atoms with Crippen LogP contribution in [-0.2, 0) is 0 Å². The lowest BCUT2D eigenvalue weighted by atomic mass is 10.1. The molecule has 0 fully saturated rings. The minimum absolute atomic E-state index is 0.936. The monoisotopic (exact) mass is 181 g/mol. The maximum absolute atomic E-state index is 5.42. The fourth-order valence-electron chi connectivity index (χ4n) is 1.80. The van der Waals surface area contributed by atoms with E-state index in [1.165, 1.54) is 16.2 Å². The average Bonchev–Trinajstić information content (AvgIpc) is 2.29. The maximum Gasteiger partial charge on any atom is 0.360 e. The number of hydrogen-bond donors (Lipinski definition) is 0. The van der Waals surface area contributed by atoms with Crippen molar-refractivity contribution in [2.45, 2.75) is 0 Å². The Morgan fingerprint density at radius 2 is 1.57 bits per heavy atom. The summed E-state index contributed by atoms with van der Waals surface area (Å²) in [5.74, 6) is 0. The molecule has 0 spiro atoms. The normalized spacial score (nSPS) is 10.9. The molecule has 1 aromatic heterocycles. The third-order valence-corrected chi connectivity index (χ3v) is 2.47. The summed E-state index contributed by atoms with van der Waals surface area (Å²) in [5, 5.41) is 3.67. The zero-order valence-electron chi connectivity index (χ0n) is 7.60. The third kappa shape index (κ3) is 0.990. The van der Waals surface area contributed by atoms with Crippen molar-refractivity contribution in [3.63, 3.8) is 0 Å². The second kappa shape index (κ2) is 2.81. The van der Waals surface area contributed by atoms with E-state index in [9.17, 15) is 0 Å². The Labute approximate surface area is 81.6 Å². The SMILES string of the molecule is c1ccc2c(c1)ccc1[o+]cccc12. The predicted molar refractivity (Wildman–Crippen MR) is 58.1 cm³/mol. The van der Waals surface area contributed by atoms with Gasteiger partial charge in [0.15, 0.2) is 0 Å². The van der Waals surface area contributed by atoms with Gasteiger partial charge in [0, 0.05) is 12.1 Å². The average molecular weight is 181 g/mol. The fraction of sp³-hybridized carbons (Fsp3) is 0. The molecule has 1 nitrogen and oxygen atoms in total. The molecule has 0 radical (unpaired) electrons. The first-order valence-electron chi connectivity index (χ1n) is 4.63. The molecule has 1 heteroatoms. The molecule has 1 heterocycles. The van der Waals surface area contributed by atoms with Crippen molar-refractivity contribution < 1.29 is 4.42 Å². The molecular formula is C13H9O+. The van der Waals surface area contributed by atoms with Gasteiger partial charge in [0.2, 0.25) is 0 Å². The van der Waals surface area contributed by atoms with Gasteiger partial charge in [0.1, 0.15) is 0 Å². The van der Waals surface area contributed by atoms with Crippen LogP contribution in [-0.4, -0.2) is 0 Å². The van der Waals surface area contributed by atoms with E-state index in [4.69, 9.17) is 4.42 Å². The van der Waals surface area contributed by atoms with Crippen LogP contribution in [0.3, 0.4) is 0 Å². The molecule has 0 bridgehead atoms. The van der Waals surface area contributed by atoms with E-state index in [0.717, 1.165) is 5.58 Å². The van der Waals surface area contributed by atoms with Crippen LogP contribution in [0.15, 0.2) is 59.2 Å². The molecule has 3 aromatic rings. The van der Waals surface area contributed by atoms with Crippen LogP contribution in [0.2, 0.25) is 0 Å². The van der Waals surface area contributed by atoms with Gasteiger partial charge in [-0.05, 0) is 22.9 Å². The molecular weight excluding hydrogens is 172 g/mol. The van der Waals surface area contributed by atoms with Gasteiger partial charge in [-0.2, -0.15) is 0 Å². The van der Waals surface area contributed by atoms with Crippen molar-refractivity contribution >= 4 is 21.7 Å². The van der Waals surface area contributed by atoms with Crippen molar-refractivity contribution in [3.05, 3.63) is 54.8 Å². The lowest BCUT2D eigenvalue weighted by molar-refractivity contribution is 0.604. The first kappa shape index (κ1) is 7.51. The first-order chi connectivity index (χ1) is 6.95. The highest BCUT2D eigenvalue weighted by molar-refractivity contribution is 6.05. The van der Waals surface area contributed by atoms with Crippen LogP contribution in [0.1, 0.15) is 0 Å². The summed E-state index contributed by atoms with van der Waals surface area (Å²) in [4.78, 5) is 0. The Morgan fingerprint density at radius 3 is 2.57 bits per heavy atom. The molecule has 66 valence electrons. The fourth-order valence-corrected chi connectivity index (χ4v) is 1.80. The Hall–Kier alpha value is -1.89. The Balaban J connectivity index is 2.61. The standard InChI is InChI=1S/C13H9O/c1-2-5-11-10(4-1)7-8-13-12(11)6-3-9-14-13/h1-9H/q+1. The summed E-state index contributed by atoms with van der Waals surface area (Å²) in [6.45, 7) is 0. The molecule has 0 aliphatic carbocycles. The van der Waals surface area contributed by atoms with Gasteiger partial charge in [0.05, 0.1) is 5.39 Å². The predicted octanol–water partition coefficient (Wildman–Crippen LogP) is 3.87. The largest absolute Gasteiger partial charge is 0.360 e. The molecule has 0 N–H and O–H groups in total. The van der Waals surface area contributed by atoms with E-state index >= 15 is 0 Å². The van der Waals surface area contributed by atoms with Gasteiger partial charge >= 0.3 is 11.8 Å². The summed E-state index contributed by atoms with van der Waals surface area (Å²) in [5.41, 5.74) is 0.936. The third-order valence-electron chi connectivity index (χ3n) is 2.47. The summed E-state index contributed by atoms with van der Waals surface area (Å²) in [6.07, 6.45) is 1.71. The van der Waals surface area contributed by atoms with Gasteiger partial charge in [0.25, 0.3) is 0 Å². The first-order valence-corrected chi connectivity index (χ1v) is 4.63. The van der Waals surface area contributed by atoms with Crippen molar-refractivity contribution in [2.75, 3.05) is 0 Å². The smallest absolute Gasteiger partial charge is 0.216 e. The number of rotatable bonds is 0. The van der Waals surface area contributed by atoms with Crippen LogP contribution in [0, 0.1) is 0 Å². The van der Waals surface area contributed by atoms with E-state index < -0.39 is 0 Å². The van der Waals surface area contributed by atoms with Gasteiger partial charge in [-0.3, -0.25) is 0 Å². The van der Waals surface area contributed by atoms with Crippen molar-refractivity contribution in [2.24, 2.45) is 0 Å². The van der Waals surface area contributed by atoms with Gasteiger partial charge in [-0.1, -0.05) is 24.3 Å². The summed E-state index contributed by atoms with van der Waals surface area (Å²) >= 11 is 0. The van der Waals surface area contributed by atoms with Crippen molar-refractivity contribution in [1.82, 2.24) is 0 Å². The van der Waals surface area contributed by atoms with Crippen LogP contribution in [0.4, 0.5) is 0 Å². The lowest BCUT2D eigenvalue weighted by Gasteiger charge is -1.96. The van der Waals surface area contributed by atoms with Gasteiger partial charge < -0.3 is 0 Å². The Morgan fingerprint density at radius 1 is 0.714 bits per heavy atom. The summed E-state index contributed by atoms with van der Waals surface area (Å²) < 4.78 is 5.42. The molecule has 0 atom stereocenters. The van der Waals surface area contributed by atoms with Gasteiger partial charge in [-0.15, -0.1) is 0 Å². The molecule has 0 amide bonds. The molecule has 2 aromatic carbocycles. The zero-order chi connectivity index (χ0) is 9.38. The van der Waals surface area contributed by atoms with Crippen molar-refractivity contribution in [3.8, 4) is 0 Å². The number of hydrogen-bond acceptors (Lipinski definition) is 0. The van der Waals surface area contributed by atoms with Crippen LogP contribution in [0.25, 0.3) is 21.7 Å². The zero-order valence-corrected chi connectivity index (χ0v) is 7.60. The minimum Gasteiger partial charge on any atom is -0.216 e. The molecule has 3 rings (SSSR count). The Kier molecular flexibility index (Phi) is 1.51. The molecule has 0 aliphatic rings. The Bertz CT molecular complexity index is 544. The number of benzene rings is 2. The highest BCUT2D eigenvalue weighted by Gasteiger charge is 2.06. The highest BCUT2D eigenvalue weighted by Crippen LogP contribution is 2.24. The molecule has 0 saturated carbocycles. The van der Waals surface area contributed by atoms with Crippen molar-refractivity contribution in [1.29, 1.82) is 0 Å². The lowest BCUT2D eigenvalue weighted by Crippen LogP contribution is -1.75. The molecule has 0 aliphatic heterocycles. The molecule has 0 unspecified atom stereocenters. The van der Waals surface area contributed by atoms with Crippen LogP contribution >= 0.6 is 0 Å². The van der Waals surface area contributed by atoms with E-state index in [2.05, 4.69) is 30.3 Å². The minimum atomic E-state index is 0.936. The van der Waals surface area contributed by atoms with E-state index in [-0.39, 0.29) is 0 Å². The number of fused-ring (bicyclic) bond motifs is 3. The van der Waals surface area contributed by atoms with Crippen LogP contribution < -0.4 is 0 Å². The van der Waals surface area contributed by atoms with E-state index in [1.54, 1.807) is 6.26 Å². The topological polar surface area (TPSA) is 11.3 Å². The molecule has 0 saturated heterocycles.